The molecule has 2 heterocycles. The van der Waals surface area contributed by atoms with Crippen LogP contribution in [0.15, 0.2) is 29.6 Å². The van der Waals surface area contributed by atoms with E-state index >= 15 is 0 Å². The Labute approximate surface area is 173 Å². The van der Waals surface area contributed by atoms with Gasteiger partial charge in [-0.25, -0.2) is 9.78 Å². The van der Waals surface area contributed by atoms with Crippen molar-refractivity contribution in [1.29, 1.82) is 0 Å². The standard InChI is InChI=1S/C20H23N3O5S/c1-14-21-16(13-29-14)11-27-18-6-4-3-5-17(18)20(26)28-12-19(25)23-9-7-22(8-10-23)15(2)24/h3-6,13H,7-12H2,1-2H3. The number of rotatable bonds is 6. The summed E-state index contributed by atoms with van der Waals surface area (Å²) in [6.45, 7) is 5.16. The quantitative estimate of drug-likeness (QED) is 0.667. The lowest BCUT2D eigenvalue weighted by Crippen LogP contribution is -2.51. The van der Waals surface area contributed by atoms with Crippen LogP contribution in [0.5, 0.6) is 5.75 Å². The third-order valence-corrected chi connectivity index (χ3v) is 5.38. The zero-order valence-corrected chi connectivity index (χ0v) is 17.2. The first-order chi connectivity index (χ1) is 13.9. The van der Waals surface area contributed by atoms with Gasteiger partial charge in [0.25, 0.3) is 5.91 Å². The number of piperazine rings is 1. The second-order valence-electron chi connectivity index (χ2n) is 6.61. The van der Waals surface area contributed by atoms with E-state index < -0.39 is 5.97 Å². The lowest BCUT2D eigenvalue weighted by molar-refractivity contribution is -0.140. The molecule has 2 aromatic rings. The van der Waals surface area contributed by atoms with Crippen LogP contribution in [-0.2, 0) is 20.9 Å². The third kappa shape index (κ3) is 5.54. The highest BCUT2D eigenvalue weighted by molar-refractivity contribution is 7.09. The number of thiazole rings is 1. The molecule has 29 heavy (non-hydrogen) atoms. The van der Waals surface area contributed by atoms with E-state index in [0.717, 1.165) is 10.7 Å². The Balaban J connectivity index is 1.53. The largest absolute Gasteiger partial charge is 0.486 e. The number of amides is 2. The van der Waals surface area contributed by atoms with Crippen LogP contribution in [0.3, 0.4) is 0 Å². The van der Waals surface area contributed by atoms with Gasteiger partial charge in [-0.3, -0.25) is 9.59 Å². The molecular formula is C20H23N3O5S. The van der Waals surface area contributed by atoms with Crippen LogP contribution in [-0.4, -0.2) is 65.4 Å². The van der Waals surface area contributed by atoms with E-state index in [1.165, 1.54) is 18.3 Å². The Bertz CT molecular complexity index is 890. The summed E-state index contributed by atoms with van der Waals surface area (Å²) in [6.07, 6.45) is 0. The van der Waals surface area contributed by atoms with Gasteiger partial charge in [0, 0.05) is 38.5 Å². The smallest absolute Gasteiger partial charge is 0.342 e. The van der Waals surface area contributed by atoms with Crippen molar-refractivity contribution in [3.8, 4) is 5.75 Å². The molecule has 0 N–H and O–H groups in total. The van der Waals surface area contributed by atoms with E-state index in [2.05, 4.69) is 4.98 Å². The van der Waals surface area contributed by atoms with Gasteiger partial charge in [0.15, 0.2) is 6.61 Å². The minimum atomic E-state index is -0.620. The highest BCUT2D eigenvalue weighted by Crippen LogP contribution is 2.21. The Morgan fingerprint density at radius 1 is 1.10 bits per heavy atom. The van der Waals surface area contributed by atoms with Crippen molar-refractivity contribution in [3.05, 3.63) is 45.9 Å². The van der Waals surface area contributed by atoms with Gasteiger partial charge in [-0.15, -0.1) is 11.3 Å². The van der Waals surface area contributed by atoms with Crippen molar-refractivity contribution in [1.82, 2.24) is 14.8 Å². The van der Waals surface area contributed by atoms with Crippen molar-refractivity contribution < 1.29 is 23.9 Å². The molecule has 9 heteroatoms. The van der Waals surface area contributed by atoms with Crippen LogP contribution >= 0.6 is 11.3 Å². The number of aryl methyl sites for hydroxylation is 1. The molecule has 1 aliphatic heterocycles. The Morgan fingerprint density at radius 3 is 2.45 bits per heavy atom. The summed E-state index contributed by atoms with van der Waals surface area (Å²) >= 11 is 1.53. The summed E-state index contributed by atoms with van der Waals surface area (Å²) in [6, 6.07) is 6.75. The number of nitrogens with zero attached hydrogens (tertiary/aromatic N) is 3. The molecule has 154 valence electrons. The monoisotopic (exact) mass is 417 g/mol. The van der Waals surface area contributed by atoms with Gasteiger partial charge in [0.1, 0.15) is 17.9 Å². The molecule has 1 aliphatic rings. The highest BCUT2D eigenvalue weighted by Gasteiger charge is 2.24. The maximum absolute atomic E-state index is 12.5. The third-order valence-electron chi connectivity index (χ3n) is 4.55. The number of para-hydroxylation sites is 1. The maximum atomic E-state index is 12.5. The first-order valence-corrected chi connectivity index (χ1v) is 10.1. The molecule has 0 radical (unpaired) electrons. The molecule has 0 unspecified atom stereocenters. The minimum Gasteiger partial charge on any atom is -0.486 e. The van der Waals surface area contributed by atoms with E-state index in [4.69, 9.17) is 9.47 Å². The molecule has 1 saturated heterocycles. The van der Waals surface area contributed by atoms with Crippen molar-refractivity contribution in [2.75, 3.05) is 32.8 Å². The average molecular weight is 417 g/mol. The van der Waals surface area contributed by atoms with Crippen molar-refractivity contribution in [2.24, 2.45) is 0 Å². The Morgan fingerprint density at radius 2 is 1.79 bits per heavy atom. The van der Waals surface area contributed by atoms with E-state index in [9.17, 15) is 14.4 Å². The molecule has 0 saturated carbocycles. The van der Waals surface area contributed by atoms with Crippen LogP contribution in [0.1, 0.15) is 28.0 Å². The SMILES string of the molecule is CC(=O)N1CCN(C(=O)COC(=O)c2ccccc2OCc2csc(C)n2)CC1. The predicted molar refractivity (Wildman–Crippen MR) is 107 cm³/mol. The lowest BCUT2D eigenvalue weighted by atomic mass is 10.2. The van der Waals surface area contributed by atoms with Crippen molar-refractivity contribution in [3.63, 3.8) is 0 Å². The second-order valence-corrected chi connectivity index (χ2v) is 7.67. The van der Waals surface area contributed by atoms with Crippen molar-refractivity contribution in [2.45, 2.75) is 20.5 Å². The fourth-order valence-electron chi connectivity index (χ4n) is 2.95. The molecule has 2 amide bonds. The van der Waals surface area contributed by atoms with E-state index in [1.54, 1.807) is 34.1 Å². The summed E-state index contributed by atoms with van der Waals surface area (Å²) in [7, 11) is 0. The van der Waals surface area contributed by atoms with E-state index in [1.807, 2.05) is 12.3 Å². The number of carbonyl (C=O) groups excluding carboxylic acids is 3. The molecule has 1 aromatic carbocycles. The van der Waals surface area contributed by atoms with Crippen LogP contribution in [0.4, 0.5) is 0 Å². The highest BCUT2D eigenvalue weighted by atomic mass is 32.1. The van der Waals surface area contributed by atoms with Gasteiger partial charge in [0.05, 0.1) is 10.7 Å². The van der Waals surface area contributed by atoms with Gasteiger partial charge in [0.2, 0.25) is 5.91 Å². The van der Waals surface area contributed by atoms with Crippen molar-refractivity contribution >= 4 is 29.1 Å². The molecule has 0 spiro atoms. The van der Waals surface area contributed by atoms with Crippen LogP contribution in [0.2, 0.25) is 0 Å². The van der Waals surface area contributed by atoms with Gasteiger partial charge in [-0.2, -0.15) is 0 Å². The summed E-state index contributed by atoms with van der Waals surface area (Å²) in [4.78, 5) is 43.8. The Kier molecular flexibility index (Phi) is 6.82. The molecule has 1 fully saturated rings. The number of carbonyl (C=O) groups is 3. The summed E-state index contributed by atoms with van der Waals surface area (Å²) in [5, 5.41) is 2.85. The number of aromatic nitrogens is 1. The summed E-state index contributed by atoms with van der Waals surface area (Å²) in [5.41, 5.74) is 1.05. The summed E-state index contributed by atoms with van der Waals surface area (Å²) in [5.74, 6) is -0.526. The zero-order valence-electron chi connectivity index (χ0n) is 16.4. The fraction of sp³-hybridized carbons (Fsp3) is 0.400. The topological polar surface area (TPSA) is 89.0 Å². The molecule has 0 bridgehead atoms. The molecule has 1 aromatic heterocycles. The van der Waals surface area contributed by atoms with Gasteiger partial charge in [-0.05, 0) is 19.1 Å². The van der Waals surface area contributed by atoms with Gasteiger partial charge in [-0.1, -0.05) is 12.1 Å². The number of hydrogen-bond donors (Lipinski definition) is 0. The van der Waals surface area contributed by atoms with Crippen LogP contribution in [0.25, 0.3) is 0 Å². The molecule has 0 aliphatic carbocycles. The van der Waals surface area contributed by atoms with Crippen LogP contribution < -0.4 is 4.74 Å². The molecule has 3 rings (SSSR count). The summed E-state index contributed by atoms with van der Waals surface area (Å²) < 4.78 is 10.9. The minimum absolute atomic E-state index is 0.00653. The Hall–Kier alpha value is -2.94. The molecule has 0 atom stereocenters. The van der Waals surface area contributed by atoms with E-state index in [-0.39, 0.29) is 30.6 Å². The zero-order chi connectivity index (χ0) is 20.8. The molecular weight excluding hydrogens is 394 g/mol. The normalized spacial score (nSPS) is 13.9. The molecule has 8 nitrogen and oxygen atoms in total. The first-order valence-electron chi connectivity index (χ1n) is 9.27. The van der Waals surface area contributed by atoms with Crippen LogP contribution in [0, 0.1) is 6.92 Å². The second kappa shape index (κ2) is 9.51. The number of benzene rings is 1. The van der Waals surface area contributed by atoms with E-state index in [0.29, 0.717) is 31.9 Å². The predicted octanol–water partition coefficient (Wildman–Crippen LogP) is 1.88. The number of hydrogen-bond acceptors (Lipinski definition) is 7. The number of esters is 1. The maximum Gasteiger partial charge on any atom is 0.342 e. The van der Waals surface area contributed by atoms with Gasteiger partial charge < -0.3 is 19.3 Å². The fourth-order valence-corrected chi connectivity index (χ4v) is 3.55. The first kappa shape index (κ1) is 20.8. The number of ether oxygens (including phenoxy) is 2. The average Bonchev–Trinajstić information content (AvgIpc) is 3.15. The van der Waals surface area contributed by atoms with Gasteiger partial charge >= 0.3 is 5.97 Å². The lowest BCUT2D eigenvalue weighted by Gasteiger charge is -2.34.